The summed E-state index contributed by atoms with van der Waals surface area (Å²) in [6, 6.07) is 16.2. The fourth-order valence-corrected chi connectivity index (χ4v) is 5.50. The van der Waals surface area contributed by atoms with Crippen LogP contribution in [0.5, 0.6) is 0 Å². The Morgan fingerprint density at radius 2 is 1.39 bits per heavy atom. The van der Waals surface area contributed by atoms with Crippen molar-refractivity contribution in [3.05, 3.63) is 54.1 Å². The summed E-state index contributed by atoms with van der Waals surface area (Å²) in [5, 5.41) is 19.4. The minimum Gasteiger partial charge on any atom is -0.478 e. The van der Waals surface area contributed by atoms with Crippen molar-refractivity contribution >= 4 is 23.0 Å². The van der Waals surface area contributed by atoms with Gasteiger partial charge in [0.1, 0.15) is 10.0 Å². The Kier molecular flexibility index (Phi) is 5.70. The molecule has 2 fully saturated rings. The summed E-state index contributed by atoms with van der Waals surface area (Å²) in [5.41, 5.74) is 3.47. The summed E-state index contributed by atoms with van der Waals surface area (Å²) in [5.74, 6) is -0.926. The van der Waals surface area contributed by atoms with Crippen LogP contribution < -0.4 is 4.90 Å². The van der Waals surface area contributed by atoms with Gasteiger partial charge in [0, 0.05) is 49.0 Å². The van der Waals surface area contributed by atoms with Crippen molar-refractivity contribution < 1.29 is 9.90 Å². The Labute approximate surface area is 186 Å². The fourth-order valence-electron chi connectivity index (χ4n) is 4.64. The molecule has 1 aromatic heterocycles. The summed E-state index contributed by atoms with van der Waals surface area (Å²) in [4.78, 5) is 16.2. The second-order valence-corrected chi connectivity index (χ2v) is 9.28. The number of nitrogens with zero attached hydrogens (tertiary/aromatic N) is 4. The SMILES string of the molecule is O=C(O)c1ccc(-c2nnc(-c3ccc(N4CCN(C5CCCC5)CC4)cc3)s2)cc1. The molecule has 0 amide bonds. The monoisotopic (exact) mass is 434 g/mol. The number of carboxylic acids is 1. The number of hydrogen-bond donors (Lipinski definition) is 1. The Bertz CT molecular complexity index is 1030. The van der Waals surface area contributed by atoms with Crippen molar-refractivity contribution in [2.75, 3.05) is 31.1 Å². The normalized spacial score (nSPS) is 17.9. The number of aromatic nitrogens is 2. The summed E-state index contributed by atoms with van der Waals surface area (Å²) in [6.07, 6.45) is 5.55. The van der Waals surface area contributed by atoms with Crippen molar-refractivity contribution in [2.24, 2.45) is 0 Å². The molecule has 3 aromatic rings. The van der Waals surface area contributed by atoms with E-state index in [1.54, 1.807) is 24.3 Å². The molecule has 31 heavy (non-hydrogen) atoms. The van der Waals surface area contributed by atoms with E-state index in [1.807, 2.05) is 0 Å². The quantitative estimate of drug-likeness (QED) is 0.631. The molecule has 1 N–H and O–H groups in total. The second kappa shape index (κ2) is 8.77. The third kappa shape index (κ3) is 4.34. The van der Waals surface area contributed by atoms with E-state index in [1.165, 1.54) is 42.7 Å². The lowest BCUT2D eigenvalue weighted by atomic mass is 10.1. The van der Waals surface area contributed by atoms with Gasteiger partial charge in [-0.3, -0.25) is 4.90 Å². The van der Waals surface area contributed by atoms with Gasteiger partial charge in [-0.25, -0.2) is 4.79 Å². The molecule has 1 aliphatic heterocycles. The molecule has 0 unspecified atom stereocenters. The number of carboxylic acid groups (broad SMARTS) is 1. The van der Waals surface area contributed by atoms with Crippen LogP contribution in [0, 0.1) is 0 Å². The number of anilines is 1. The summed E-state index contributed by atoms with van der Waals surface area (Å²) in [7, 11) is 0. The zero-order chi connectivity index (χ0) is 21.2. The predicted molar refractivity (Wildman–Crippen MR) is 124 cm³/mol. The van der Waals surface area contributed by atoms with Gasteiger partial charge in [-0.2, -0.15) is 0 Å². The molecule has 5 rings (SSSR count). The highest BCUT2D eigenvalue weighted by atomic mass is 32.1. The van der Waals surface area contributed by atoms with Crippen molar-refractivity contribution in [3.8, 4) is 21.1 Å². The highest BCUT2D eigenvalue weighted by molar-refractivity contribution is 7.17. The maximum atomic E-state index is 11.0. The Hall–Kier alpha value is -2.77. The van der Waals surface area contributed by atoms with E-state index in [2.05, 4.69) is 44.3 Å². The molecule has 6 nitrogen and oxygen atoms in total. The highest BCUT2D eigenvalue weighted by Gasteiger charge is 2.26. The van der Waals surface area contributed by atoms with E-state index in [0.29, 0.717) is 0 Å². The van der Waals surface area contributed by atoms with Crippen LogP contribution in [0.25, 0.3) is 21.1 Å². The van der Waals surface area contributed by atoms with Gasteiger partial charge in [-0.15, -0.1) is 10.2 Å². The van der Waals surface area contributed by atoms with Gasteiger partial charge < -0.3 is 10.0 Å². The highest BCUT2D eigenvalue weighted by Crippen LogP contribution is 2.31. The number of carbonyl (C=O) groups is 1. The third-order valence-electron chi connectivity index (χ3n) is 6.44. The number of piperazine rings is 1. The number of rotatable bonds is 5. The predicted octanol–water partition coefficient (Wildman–Crippen LogP) is 4.63. The molecule has 1 saturated heterocycles. The van der Waals surface area contributed by atoms with E-state index < -0.39 is 5.97 Å². The van der Waals surface area contributed by atoms with Crippen molar-refractivity contribution in [1.82, 2.24) is 15.1 Å². The van der Waals surface area contributed by atoms with Crippen LogP contribution in [0.2, 0.25) is 0 Å². The van der Waals surface area contributed by atoms with Crippen molar-refractivity contribution in [3.63, 3.8) is 0 Å². The second-order valence-electron chi connectivity index (χ2n) is 8.30. The molecule has 2 aliphatic rings. The molecular weight excluding hydrogens is 408 g/mol. The van der Waals surface area contributed by atoms with Gasteiger partial charge >= 0.3 is 5.97 Å². The van der Waals surface area contributed by atoms with Crippen LogP contribution in [-0.2, 0) is 0 Å². The zero-order valence-corrected chi connectivity index (χ0v) is 18.2. The smallest absolute Gasteiger partial charge is 0.335 e. The molecule has 7 heteroatoms. The third-order valence-corrected chi connectivity index (χ3v) is 7.46. The van der Waals surface area contributed by atoms with Gasteiger partial charge in [0.05, 0.1) is 5.56 Å². The van der Waals surface area contributed by atoms with Crippen LogP contribution in [0.3, 0.4) is 0 Å². The number of aromatic carboxylic acids is 1. The first-order valence-corrected chi connectivity index (χ1v) is 11.8. The largest absolute Gasteiger partial charge is 0.478 e. The number of benzene rings is 2. The molecule has 2 aromatic carbocycles. The van der Waals surface area contributed by atoms with E-state index in [-0.39, 0.29) is 5.56 Å². The first-order valence-electron chi connectivity index (χ1n) is 10.9. The molecule has 1 saturated carbocycles. The van der Waals surface area contributed by atoms with Gasteiger partial charge in [0.2, 0.25) is 0 Å². The van der Waals surface area contributed by atoms with Crippen LogP contribution >= 0.6 is 11.3 Å². The Morgan fingerprint density at radius 1 is 0.839 bits per heavy atom. The molecule has 0 radical (unpaired) electrons. The average Bonchev–Trinajstić information content (AvgIpc) is 3.52. The zero-order valence-electron chi connectivity index (χ0n) is 17.4. The molecule has 0 spiro atoms. The maximum absolute atomic E-state index is 11.0. The molecule has 0 atom stereocenters. The Balaban J connectivity index is 1.24. The van der Waals surface area contributed by atoms with E-state index in [0.717, 1.165) is 53.4 Å². The molecule has 160 valence electrons. The average molecular weight is 435 g/mol. The first-order chi connectivity index (χ1) is 15.2. The van der Waals surface area contributed by atoms with Gasteiger partial charge in [0.15, 0.2) is 0 Å². The van der Waals surface area contributed by atoms with Crippen LogP contribution in [0.15, 0.2) is 48.5 Å². The van der Waals surface area contributed by atoms with Crippen molar-refractivity contribution in [1.29, 1.82) is 0 Å². The molecular formula is C24H26N4O2S. The lowest BCUT2D eigenvalue weighted by Crippen LogP contribution is -2.49. The number of hydrogen-bond acceptors (Lipinski definition) is 6. The maximum Gasteiger partial charge on any atom is 0.335 e. The van der Waals surface area contributed by atoms with Crippen LogP contribution in [0.4, 0.5) is 5.69 Å². The molecule has 1 aliphatic carbocycles. The fraction of sp³-hybridized carbons (Fsp3) is 0.375. The summed E-state index contributed by atoms with van der Waals surface area (Å²) >= 11 is 1.52. The Morgan fingerprint density at radius 3 is 1.94 bits per heavy atom. The van der Waals surface area contributed by atoms with Crippen LogP contribution in [0.1, 0.15) is 36.0 Å². The lowest BCUT2D eigenvalue weighted by Gasteiger charge is -2.39. The van der Waals surface area contributed by atoms with Crippen LogP contribution in [-0.4, -0.2) is 58.4 Å². The van der Waals surface area contributed by atoms with Gasteiger partial charge in [-0.05, 0) is 49.2 Å². The molecule has 2 heterocycles. The first kappa shape index (κ1) is 20.2. The van der Waals surface area contributed by atoms with E-state index >= 15 is 0 Å². The lowest BCUT2D eigenvalue weighted by molar-refractivity contribution is 0.0697. The van der Waals surface area contributed by atoms with Crippen molar-refractivity contribution in [2.45, 2.75) is 31.7 Å². The van der Waals surface area contributed by atoms with Gasteiger partial charge in [0.25, 0.3) is 0 Å². The molecule has 0 bridgehead atoms. The standard InChI is InChI=1S/C24H26N4O2S/c29-24(30)19-7-5-17(6-8-19)22-25-26-23(31-22)18-9-11-21(12-10-18)28-15-13-27(14-16-28)20-3-1-2-4-20/h5-12,20H,1-4,13-16H2,(H,29,30). The van der Waals surface area contributed by atoms with Gasteiger partial charge in [-0.1, -0.05) is 36.3 Å². The van der Waals surface area contributed by atoms with E-state index in [9.17, 15) is 4.79 Å². The minimum absolute atomic E-state index is 0.271. The summed E-state index contributed by atoms with van der Waals surface area (Å²) < 4.78 is 0. The minimum atomic E-state index is -0.926. The summed E-state index contributed by atoms with van der Waals surface area (Å²) in [6.45, 7) is 4.50. The van der Waals surface area contributed by atoms with E-state index in [4.69, 9.17) is 5.11 Å². The topological polar surface area (TPSA) is 69.6 Å².